The topological polar surface area (TPSA) is 97.1 Å². The van der Waals surface area contributed by atoms with Crippen LogP contribution >= 0.6 is 0 Å². The fourth-order valence-electron chi connectivity index (χ4n) is 4.00. The number of rotatable bonds is 10. The van der Waals surface area contributed by atoms with E-state index in [4.69, 9.17) is 9.47 Å². The summed E-state index contributed by atoms with van der Waals surface area (Å²) in [5.74, 6) is 1.51. The molecule has 35 heavy (non-hydrogen) atoms. The normalized spacial score (nSPS) is 13.8. The molecule has 5 rings (SSSR count). The van der Waals surface area contributed by atoms with Crippen LogP contribution in [0.4, 0.5) is 5.69 Å². The SMILES string of the molecule is O=C1CCc2cc(OCC(O)CNCc3ccc(OCc4cn5ccccc5n4)cc3)ccc2N1. The molecule has 1 aliphatic heterocycles. The van der Waals surface area contributed by atoms with Gasteiger partial charge in [-0.15, -0.1) is 0 Å². The third-order valence-electron chi connectivity index (χ3n) is 5.85. The molecule has 3 N–H and O–H groups in total. The molecule has 1 unspecified atom stereocenters. The molecule has 0 spiro atoms. The van der Waals surface area contributed by atoms with Gasteiger partial charge in [-0.3, -0.25) is 4.79 Å². The van der Waals surface area contributed by atoms with Crippen molar-refractivity contribution in [1.82, 2.24) is 14.7 Å². The summed E-state index contributed by atoms with van der Waals surface area (Å²) in [4.78, 5) is 16.0. The van der Waals surface area contributed by atoms with Gasteiger partial charge in [0.1, 0.15) is 36.5 Å². The van der Waals surface area contributed by atoms with Gasteiger partial charge in [0.25, 0.3) is 0 Å². The number of aromatic nitrogens is 2. The number of aliphatic hydroxyl groups excluding tert-OH is 1. The van der Waals surface area contributed by atoms with E-state index in [-0.39, 0.29) is 12.5 Å². The van der Waals surface area contributed by atoms with Crippen molar-refractivity contribution < 1.29 is 19.4 Å². The second kappa shape index (κ2) is 10.6. The molecule has 3 heterocycles. The van der Waals surface area contributed by atoms with Crippen LogP contribution in [0.25, 0.3) is 5.65 Å². The molecule has 1 aliphatic rings. The van der Waals surface area contributed by atoms with Crippen LogP contribution in [0.15, 0.2) is 73.1 Å². The number of hydrogen-bond donors (Lipinski definition) is 3. The van der Waals surface area contributed by atoms with E-state index in [1.54, 1.807) is 0 Å². The zero-order valence-corrected chi connectivity index (χ0v) is 19.3. The quantitative estimate of drug-likeness (QED) is 0.328. The van der Waals surface area contributed by atoms with E-state index in [1.807, 2.05) is 77.5 Å². The summed E-state index contributed by atoms with van der Waals surface area (Å²) in [6.07, 6.45) is 4.48. The van der Waals surface area contributed by atoms with E-state index in [0.717, 1.165) is 33.9 Å². The molecule has 1 atom stereocenters. The number of aryl methyl sites for hydroxylation is 1. The number of benzene rings is 2. The highest BCUT2D eigenvalue weighted by Crippen LogP contribution is 2.26. The molecule has 180 valence electrons. The van der Waals surface area contributed by atoms with Crippen LogP contribution in [-0.4, -0.2) is 39.7 Å². The predicted octanol–water partition coefficient (Wildman–Crippen LogP) is 3.33. The molecule has 0 radical (unpaired) electrons. The van der Waals surface area contributed by atoms with Gasteiger partial charge in [0.2, 0.25) is 5.91 Å². The summed E-state index contributed by atoms with van der Waals surface area (Å²) in [6.45, 7) is 1.63. The third kappa shape index (κ3) is 5.98. The van der Waals surface area contributed by atoms with Crippen LogP contribution in [0.1, 0.15) is 23.2 Å². The molecule has 0 bridgehead atoms. The number of carbonyl (C=O) groups is 1. The lowest BCUT2D eigenvalue weighted by molar-refractivity contribution is -0.116. The van der Waals surface area contributed by atoms with Crippen molar-refractivity contribution >= 4 is 17.2 Å². The van der Waals surface area contributed by atoms with Gasteiger partial charge in [-0.2, -0.15) is 0 Å². The molecular weight excluding hydrogens is 444 g/mol. The Bertz CT molecular complexity index is 1270. The molecule has 0 aliphatic carbocycles. The Kier molecular flexibility index (Phi) is 6.92. The number of amides is 1. The van der Waals surface area contributed by atoms with Gasteiger partial charge >= 0.3 is 0 Å². The van der Waals surface area contributed by atoms with Crippen molar-refractivity contribution in [2.75, 3.05) is 18.5 Å². The van der Waals surface area contributed by atoms with E-state index in [9.17, 15) is 9.90 Å². The predicted molar refractivity (Wildman–Crippen MR) is 133 cm³/mol. The van der Waals surface area contributed by atoms with Crippen molar-refractivity contribution in [2.45, 2.75) is 32.1 Å². The second-order valence-corrected chi connectivity index (χ2v) is 8.59. The summed E-state index contributed by atoms with van der Waals surface area (Å²) < 4.78 is 13.6. The van der Waals surface area contributed by atoms with Crippen LogP contribution < -0.4 is 20.1 Å². The van der Waals surface area contributed by atoms with Crippen LogP contribution in [0.2, 0.25) is 0 Å². The number of fused-ring (bicyclic) bond motifs is 2. The summed E-state index contributed by atoms with van der Waals surface area (Å²) in [7, 11) is 0. The Morgan fingerprint density at radius 2 is 1.91 bits per heavy atom. The fourth-order valence-corrected chi connectivity index (χ4v) is 4.00. The number of imidazole rings is 1. The summed E-state index contributed by atoms with van der Waals surface area (Å²) in [5.41, 5.74) is 4.76. The molecule has 2 aromatic carbocycles. The average molecular weight is 473 g/mol. The molecule has 4 aromatic rings. The van der Waals surface area contributed by atoms with Crippen molar-refractivity contribution in [2.24, 2.45) is 0 Å². The summed E-state index contributed by atoms with van der Waals surface area (Å²) in [6, 6.07) is 19.3. The number of pyridine rings is 1. The minimum Gasteiger partial charge on any atom is -0.491 e. The maximum atomic E-state index is 11.5. The van der Waals surface area contributed by atoms with Crippen LogP contribution in [0.3, 0.4) is 0 Å². The first-order valence-electron chi connectivity index (χ1n) is 11.7. The van der Waals surface area contributed by atoms with Crippen molar-refractivity contribution in [3.05, 3.63) is 89.9 Å². The first-order valence-corrected chi connectivity index (χ1v) is 11.7. The highest BCUT2D eigenvalue weighted by molar-refractivity contribution is 5.94. The lowest BCUT2D eigenvalue weighted by Gasteiger charge is -2.18. The van der Waals surface area contributed by atoms with Crippen LogP contribution in [0.5, 0.6) is 11.5 Å². The molecule has 0 saturated heterocycles. The lowest BCUT2D eigenvalue weighted by atomic mass is 10.0. The Morgan fingerprint density at radius 3 is 2.77 bits per heavy atom. The smallest absolute Gasteiger partial charge is 0.224 e. The van der Waals surface area contributed by atoms with E-state index in [1.165, 1.54) is 0 Å². The largest absolute Gasteiger partial charge is 0.491 e. The number of anilines is 1. The van der Waals surface area contributed by atoms with Gasteiger partial charge in [0.15, 0.2) is 0 Å². The number of nitrogens with one attached hydrogen (secondary N) is 2. The molecular formula is C27H28N4O4. The highest BCUT2D eigenvalue weighted by atomic mass is 16.5. The zero-order valence-electron chi connectivity index (χ0n) is 19.3. The standard InChI is InChI=1S/C27H28N4O4/c32-22(18-35-24-9-10-25-20(13-24)6-11-27(33)30-25)15-28-14-19-4-7-23(8-5-19)34-17-21-16-31-12-2-1-3-26(31)29-21/h1-5,7-10,12-13,16,22,28,32H,6,11,14-15,17-18H2,(H,30,33). The lowest BCUT2D eigenvalue weighted by Crippen LogP contribution is -2.31. The molecule has 1 amide bonds. The van der Waals surface area contributed by atoms with E-state index in [2.05, 4.69) is 15.6 Å². The maximum absolute atomic E-state index is 11.5. The summed E-state index contributed by atoms with van der Waals surface area (Å²) >= 11 is 0. The molecule has 0 fully saturated rings. The zero-order chi connectivity index (χ0) is 24.0. The van der Waals surface area contributed by atoms with E-state index in [0.29, 0.717) is 38.3 Å². The number of ether oxygens (including phenoxy) is 2. The molecule has 2 aromatic heterocycles. The number of aliphatic hydroxyl groups is 1. The van der Waals surface area contributed by atoms with Crippen molar-refractivity contribution in [1.29, 1.82) is 0 Å². The first kappa shape index (κ1) is 22.9. The minimum absolute atomic E-state index is 0.0398. The van der Waals surface area contributed by atoms with Gasteiger partial charge in [-0.1, -0.05) is 18.2 Å². The minimum atomic E-state index is -0.640. The summed E-state index contributed by atoms with van der Waals surface area (Å²) in [5, 5.41) is 16.4. The van der Waals surface area contributed by atoms with Gasteiger partial charge < -0.3 is 29.6 Å². The average Bonchev–Trinajstić information content (AvgIpc) is 3.30. The Hall–Kier alpha value is -3.88. The Labute approximate surface area is 203 Å². The Balaban J connectivity index is 1.02. The van der Waals surface area contributed by atoms with E-state index >= 15 is 0 Å². The van der Waals surface area contributed by atoms with Gasteiger partial charge in [-0.25, -0.2) is 4.98 Å². The van der Waals surface area contributed by atoms with Crippen LogP contribution in [0, 0.1) is 0 Å². The molecule has 8 heteroatoms. The monoisotopic (exact) mass is 472 g/mol. The number of hydrogen-bond acceptors (Lipinski definition) is 6. The van der Waals surface area contributed by atoms with Gasteiger partial charge in [-0.05, 0) is 60.0 Å². The van der Waals surface area contributed by atoms with Crippen molar-refractivity contribution in [3.63, 3.8) is 0 Å². The highest BCUT2D eigenvalue weighted by Gasteiger charge is 2.15. The fraction of sp³-hybridized carbons (Fsp3) is 0.259. The van der Waals surface area contributed by atoms with Gasteiger partial charge in [0, 0.05) is 37.6 Å². The first-order chi connectivity index (χ1) is 17.1. The Morgan fingerprint density at radius 1 is 1.06 bits per heavy atom. The molecule has 0 saturated carbocycles. The van der Waals surface area contributed by atoms with E-state index < -0.39 is 6.10 Å². The maximum Gasteiger partial charge on any atom is 0.224 e. The van der Waals surface area contributed by atoms with Crippen LogP contribution in [-0.2, 0) is 24.4 Å². The van der Waals surface area contributed by atoms with Gasteiger partial charge in [0.05, 0.1) is 5.69 Å². The number of nitrogens with zero attached hydrogens (tertiary/aromatic N) is 2. The third-order valence-corrected chi connectivity index (χ3v) is 5.85. The number of carbonyl (C=O) groups excluding carboxylic acids is 1. The second-order valence-electron chi connectivity index (χ2n) is 8.59. The molecule has 8 nitrogen and oxygen atoms in total. The van der Waals surface area contributed by atoms with Crippen molar-refractivity contribution in [3.8, 4) is 11.5 Å².